The largest absolute Gasteiger partial charge is 0.493 e. The van der Waals surface area contributed by atoms with Crippen molar-refractivity contribution in [3.63, 3.8) is 0 Å². The Morgan fingerprint density at radius 1 is 1.00 bits per heavy atom. The summed E-state index contributed by atoms with van der Waals surface area (Å²) in [6.07, 6.45) is 6.38. The fourth-order valence-corrected chi connectivity index (χ4v) is 5.99. The number of hydrogen-bond donors (Lipinski definition) is 0. The lowest BCUT2D eigenvalue weighted by molar-refractivity contribution is -0.136. The molecule has 2 aromatic carbocycles. The molecule has 2 aromatic rings. The van der Waals surface area contributed by atoms with Gasteiger partial charge in [0.1, 0.15) is 0 Å². The van der Waals surface area contributed by atoms with Crippen molar-refractivity contribution < 1.29 is 19.1 Å². The van der Waals surface area contributed by atoms with Crippen LogP contribution in [0.25, 0.3) is 0 Å². The minimum Gasteiger partial charge on any atom is -0.493 e. The molecule has 1 fully saturated rings. The SMILES string of the molecule is COc1cc2c(cc1OC)C1C(C(=O)N(C)C3CCCCC3)c3ccccc3C(=O)N1CC2. The molecule has 2 unspecified atom stereocenters. The molecule has 0 N–H and O–H groups in total. The first-order valence-corrected chi connectivity index (χ1v) is 12.0. The fourth-order valence-electron chi connectivity index (χ4n) is 5.99. The lowest BCUT2D eigenvalue weighted by atomic mass is 9.75. The van der Waals surface area contributed by atoms with E-state index >= 15 is 0 Å². The zero-order valence-electron chi connectivity index (χ0n) is 19.7. The number of rotatable bonds is 4. The van der Waals surface area contributed by atoms with Crippen LogP contribution >= 0.6 is 0 Å². The molecular weight excluding hydrogens is 416 g/mol. The first kappa shape index (κ1) is 21.8. The molecule has 1 aliphatic carbocycles. The van der Waals surface area contributed by atoms with Gasteiger partial charge < -0.3 is 19.3 Å². The van der Waals surface area contributed by atoms with Gasteiger partial charge in [0, 0.05) is 25.2 Å². The first-order chi connectivity index (χ1) is 16.0. The number of hydrogen-bond acceptors (Lipinski definition) is 4. The quantitative estimate of drug-likeness (QED) is 0.699. The molecule has 3 aliphatic rings. The molecule has 0 saturated heterocycles. The monoisotopic (exact) mass is 448 g/mol. The Labute approximate surface area is 195 Å². The van der Waals surface area contributed by atoms with E-state index in [-0.39, 0.29) is 23.9 Å². The van der Waals surface area contributed by atoms with E-state index in [1.54, 1.807) is 14.2 Å². The molecule has 0 bridgehead atoms. The lowest BCUT2D eigenvalue weighted by Crippen LogP contribution is -2.51. The van der Waals surface area contributed by atoms with Crippen molar-refractivity contribution in [2.24, 2.45) is 0 Å². The molecule has 0 aromatic heterocycles. The maximum absolute atomic E-state index is 14.1. The van der Waals surface area contributed by atoms with Gasteiger partial charge in [-0.3, -0.25) is 9.59 Å². The van der Waals surface area contributed by atoms with Gasteiger partial charge in [-0.15, -0.1) is 0 Å². The van der Waals surface area contributed by atoms with E-state index in [0.717, 1.165) is 48.8 Å². The number of amides is 2. The van der Waals surface area contributed by atoms with Gasteiger partial charge in [-0.2, -0.15) is 0 Å². The van der Waals surface area contributed by atoms with E-state index in [1.165, 1.54) is 6.42 Å². The molecule has 6 heteroatoms. The second kappa shape index (κ2) is 8.73. The van der Waals surface area contributed by atoms with Gasteiger partial charge in [-0.25, -0.2) is 0 Å². The van der Waals surface area contributed by atoms with Crippen LogP contribution in [0.4, 0.5) is 0 Å². The normalized spacial score (nSPS) is 22.2. The van der Waals surface area contributed by atoms with Crippen molar-refractivity contribution in [3.8, 4) is 11.5 Å². The van der Waals surface area contributed by atoms with Crippen LogP contribution in [0.2, 0.25) is 0 Å². The summed E-state index contributed by atoms with van der Waals surface area (Å²) in [5.74, 6) is 0.952. The summed E-state index contributed by atoms with van der Waals surface area (Å²) in [4.78, 5) is 31.5. The Bertz CT molecular complexity index is 1080. The van der Waals surface area contributed by atoms with Gasteiger partial charge in [0.05, 0.1) is 26.2 Å². The Hall–Kier alpha value is -3.02. The van der Waals surface area contributed by atoms with Crippen molar-refractivity contribution >= 4 is 11.8 Å². The van der Waals surface area contributed by atoms with Crippen LogP contribution in [0.15, 0.2) is 36.4 Å². The van der Waals surface area contributed by atoms with Crippen LogP contribution in [0, 0.1) is 0 Å². The standard InChI is InChI=1S/C27H32N2O4/c1-28(18-9-5-4-6-10-18)27(31)24-19-11-7-8-12-20(19)26(30)29-14-13-17-15-22(32-2)23(33-3)16-21(17)25(24)29/h7-8,11-12,15-16,18,24-25H,4-6,9-10,13-14H2,1-3H3. The zero-order chi connectivity index (χ0) is 23.1. The summed E-state index contributed by atoms with van der Waals surface area (Å²) < 4.78 is 11.1. The van der Waals surface area contributed by atoms with Gasteiger partial charge in [-0.1, -0.05) is 37.5 Å². The molecule has 174 valence electrons. The predicted octanol–water partition coefficient (Wildman–Crippen LogP) is 4.33. The fraction of sp³-hybridized carbons (Fsp3) is 0.481. The number of nitrogens with zero attached hydrogens (tertiary/aromatic N) is 2. The number of carbonyl (C=O) groups is 2. The highest BCUT2D eigenvalue weighted by Gasteiger charge is 2.48. The molecule has 2 aliphatic heterocycles. The highest BCUT2D eigenvalue weighted by atomic mass is 16.5. The van der Waals surface area contributed by atoms with Gasteiger partial charge in [-0.05, 0) is 54.2 Å². The van der Waals surface area contributed by atoms with E-state index in [4.69, 9.17) is 9.47 Å². The van der Waals surface area contributed by atoms with Crippen molar-refractivity contribution in [3.05, 3.63) is 58.7 Å². The Balaban J connectivity index is 1.64. The molecule has 1 saturated carbocycles. The average molecular weight is 449 g/mol. The van der Waals surface area contributed by atoms with Gasteiger partial charge in [0.2, 0.25) is 5.91 Å². The summed E-state index contributed by atoms with van der Waals surface area (Å²) in [6.45, 7) is 0.581. The summed E-state index contributed by atoms with van der Waals surface area (Å²) in [5.41, 5.74) is 3.57. The summed E-state index contributed by atoms with van der Waals surface area (Å²) in [6, 6.07) is 11.5. The molecule has 6 nitrogen and oxygen atoms in total. The number of likely N-dealkylation sites (N-methyl/N-ethyl adjacent to an activating group) is 1. The van der Waals surface area contributed by atoms with E-state index in [1.807, 2.05) is 53.2 Å². The molecular formula is C27H32N2O4. The van der Waals surface area contributed by atoms with Crippen molar-refractivity contribution in [2.45, 2.75) is 56.5 Å². The maximum atomic E-state index is 14.1. The summed E-state index contributed by atoms with van der Waals surface area (Å²) >= 11 is 0. The minimum absolute atomic E-state index is 0.000374. The molecule has 5 rings (SSSR count). The smallest absolute Gasteiger partial charge is 0.254 e. The highest BCUT2D eigenvalue weighted by molar-refractivity contribution is 6.01. The Kier molecular flexibility index (Phi) is 5.77. The van der Waals surface area contributed by atoms with E-state index in [2.05, 4.69) is 0 Å². The van der Waals surface area contributed by atoms with Crippen LogP contribution < -0.4 is 9.47 Å². The molecule has 2 atom stereocenters. The summed E-state index contributed by atoms with van der Waals surface area (Å²) in [5, 5.41) is 0. The number of carbonyl (C=O) groups excluding carboxylic acids is 2. The van der Waals surface area contributed by atoms with Crippen LogP contribution in [-0.2, 0) is 11.2 Å². The van der Waals surface area contributed by atoms with Crippen molar-refractivity contribution in [1.82, 2.24) is 9.80 Å². The van der Waals surface area contributed by atoms with Gasteiger partial charge in [0.25, 0.3) is 5.91 Å². The topological polar surface area (TPSA) is 59.1 Å². The van der Waals surface area contributed by atoms with E-state index in [0.29, 0.717) is 23.6 Å². The number of ether oxygens (including phenoxy) is 2. The summed E-state index contributed by atoms with van der Waals surface area (Å²) in [7, 11) is 5.19. The second-order valence-corrected chi connectivity index (χ2v) is 9.41. The minimum atomic E-state index is -0.442. The molecule has 2 heterocycles. The number of methoxy groups -OCH3 is 2. The molecule has 0 spiro atoms. The third-order valence-corrected chi connectivity index (χ3v) is 7.76. The number of benzene rings is 2. The van der Waals surface area contributed by atoms with E-state index < -0.39 is 5.92 Å². The Morgan fingerprint density at radius 2 is 1.70 bits per heavy atom. The maximum Gasteiger partial charge on any atom is 0.254 e. The van der Waals surface area contributed by atoms with Crippen LogP contribution in [-0.4, -0.2) is 55.5 Å². The zero-order valence-corrected chi connectivity index (χ0v) is 19.7. The average Bonchev–Trinajstić information content (AvgIpc) is 2.87. The Morgan fingerprint density at radius 3 is 2.42 bits per heavy atom. The molecule has 0 radical (unpaired) electrons. The van der Waals surface area contributed by atoms with Gasteiger partial charge in [0.15, 0.2) is 11.5 Å². The molecule has 33 heavy (non-hydrogen) atoms. The second-order valence-electron chi connectivity index (χ2n) is 9.41. The molecule has 2 amide bonds. The van der Waals surface area contributed by atoms with Crippen LogP contribution in [0.1, 0.15) is 71.1 Å². The van der Waals surface area contributed by atoms with Gasteiger partial charge >= 0.3 is 0 Å². The van der Waals surface area contributed by atoms with Crippen LogP contribution in [0.5, 0.6) is 11.5 Å². The first-order valence-electron chi connectivity index (χ1n) is 12.0. The number of fused-ring (bicyclic) bond motifs is 4. The van der Waals surface area contributed by atoms with Crippen molar-refractivity contribution in [2.75, 3.05) is 27.8 Å². The lowest BCUT2D eigenvalue weighted by Gasteiger charge is -2.47. The predicted molar refractivity (Wildman–Crippen MR) is 126 cm³/mol. The third-order valence-electron chi connectivity index (χ3n) is 7.76. The van der Waals surface area contributed by atoms with E-state index in [9.17, 15) is 9.59 Å². The highest BCUT2D eigenvalue weighted by Crippen LogP contribution is 2.49. The third kappa shape index (κ3) is 3.56. The van der Waals surface area contributed by atoms with Crippen LogP contribution in [0.3, 0.4) is 0 Å². The van der Waals surface area contributed by atoms with Crippen molar-refractivity contribution in [1.29, 1.82) is 0 Å².